The summed E-state index contributed by atoms with van der Waals surface area (Å²) in [5.74, 6) is 5.79. The molecule has 1 aromatic heterocycles. The van der Waals surface area contributed by atoms with Crippen molar-refractivity contribution in [2.45, 2.75) is 6.92 Å². The number of aromatic amines is 1. The average molecular weight is 138 g/mol. The van der Waals surface area contributed by atoms with E-state index in [1.807, 2.05) is 6.92 Å². The third kappa shape index (κ3) is 0.886. The van der Waals surface area contributed by atoms with Gasteiger partial charge < -0.3 is 5.43 Å². The minimum Gasteiger partial charge on any atom is -0.306 e. The molecule has 0 spiro atoms. The summed E-state index contributed by atoms with van der Waals surface area (Å²) < 4.78 is 0. The fraction of sp³-hybridized carbons (Fsp3) is 0.167. The summed E-state index contributed by atoms with van der Waals surface area (Å²) >= 11 is 0. The maximum atomic E-state index is 5.16. The summed E-state index contributed by atoms with van der Waals surface area (Å²) in [4.78, 5) is 0. The van der Waals surface area contributed by atoms with Crippen LogP contribution in [0.4, 0.5) is 5.82 Å². The summed E-state index contributed by atoms with van der Waals surface area (Å²) in [5.41, 5.74) is 4.33. The Balaban J connectivity index is 3.12. The van der Waals surface area contributed by atoms with Crippen LogP contribution in [0.15, 0.2) is 6.58 Å². The maximum Gasteiger partial charge on any atom is 0.169 e. The fourth-order valence-electron chi connectivity index (χ4n) is 0.798. The topological polar surface area (TPSA) is 66.7 Å². The average Bonchev–Trinajstić information content (AvgIpc) is 2.30. The van der Waals surface area contributed by atoms with Gasteiger partial charge in [-0.1, -0.05) is 12.7 Å². The number of hydrogen-bond donors (Lipinski definition) is 3. The molecule has 10 heavy (non-hydrogen) atoms. The standard InChI is InChI=1S/C6H10N4/c1-3-5-4(2)9-10-6(5)8-7/h3H,1,7H2,2H3,(H2,8,9,10). The molecule has 0 aliphatic carbocycles. The lowest BCUT2D eigenvalue weighted by Crippen LogP contribution is -2.07. The minimum absolute atomic E-state index is 0.632. The number of hydrazine groups is 1. The van der Waals surface area contributed by atoms with Crippen LogP contribution in [0.2, 0.25) is 0 Å². The number of H-pyrrole nitrogens is 1. The molecule has 0 bridgehead atoms. The summed E-state index contributed by atoms with van der Waals surface area (Å²) in [6.45, 7) is 5.52. The second-order valence-corrected chi connectivity index (χ2v) is 1.96. The highest BCUT2D eigenvalue weighted by Crippen LogP contribution is 2.14. The van der Waals surface area contributed by atoms with Crippen molar-refractivity contribution in [1.82, 2.24) is 10.2 Å². The lowest BCUT2D eigenvalue weighted by Gasteiger charge is -1.93. The van der Waals surface area contributed by atoms with Crippen LogP contribution in [0.25, 0.3) is 6.08 Å². The maximum absolute atomic E-state index is 5.16. The van der Waals surface area contributed by atoms with Crippen molar-refractivity contribution in [3.63, 3.8) is 0 Å². The number of aryl methyl sites for hydroxylation is 1. The lowest BCUT2D eigenvalue weighted by atomic mass is 10.2. The number of nitrogens with two attached hydrogens (primary N) is 1. The normalized spacial score (nSPS) is 9.40. The van der Waals surface area contributed by atoms with Crippen LogP contribution in [-0.4, -0.2) is 10.2 Å². The van der Waals surface area contributed by atoms with Crippen LogP contribution in [0.1, 0.15) is 11.3 Å². The molecule has 0 saturated carbocycles. The molecule has 4 heteroatoms. The van der Waals surface area contributed by atoms with Crippen molar-refractivity contribution in [1.29, 1.82) is 0 Å². The highest BCUT2D eigenvalue weighted by molar-refractivity contribution is 5.63. The lowest BCUT2D eigenvalue weighted by molar-refractivity contribution is 1.04. The van der Waals surface area contributed by atoms with Crippen molar-refractivity contribution in [2.75, 3.05) is 5.43 Å². The molecule has 1 rings (SSSR count). The number of aromatic nitrogens is 2. The smallest absolute Gasteiger partial charge is 0.169 e. The first-order chi connectivity index (χ1) is 4.79. The number of hydrogen-bond acceptors (Lipinski definition) is 3. The zero-order chi connectivity index (χ0) is 7.56. The Morgan fingerprint density at radius 2 is 2.50 bits per heavy atom. The fourth-order valence-corrected chi connectivity index (χ4v) is 0.798. The van der Waals surface area contributed by atoms with Crippen LogP contribution < -0.4 is 11.3 Å². The first kappa shape index (κ1) is 6.82. The second kappa shape index (κ2) is 2.53. The van der Waals surface area contributed by atoms with Gasteiger partial charge in [0, 0.05) is 11.3 Å². The van der Waals surface area contributed by atoms with Gasteiger partial charge in [0.05, 0.1) is 0 Å². The first-order valence-corrected chi connectivity index (χ1v) is 2.93. The summed E-state index contributed by atoms with van der Waals surface area (Å²) in [5, 5.41) is 6.65. The molecule has 0 amide bonds. The quantitative estimate of drug-likeness (QED) is 0.415. The molecule has 54 valence electrons. The Labute approximate surface area is 59.1 Å². The van der Waals surface area contributed by atoms with Gasteiger partial charge in [0.25, 0.3) is 0 Å². The van der Waals surface area contributed by atoms with E-state index >= 15 is 0 Å². The van der Waals surface area contributed by atoms with Gasteiger partial charge in [-0.05, 0) is 6.92 Å². The number of nitrogen functional groups attached to an aromatic ring is 1. The van der Waals surface area contributed by atoms with E-state index in [-0.39, 0.29) is 0 Å². The molecule has 0 aliphatic rings. The summed E-state index contributed by atoms with van der Waals surface area (Å²) in [7, 11) is 0. The van der Waals surface area contributed by atoms with E-state index in [2.05, 4.69) is 22.2 Å². The van der Waals surface area contributed by atoms with E-state index < -0.39 is 0 Å². The molecule has 1 heterocycles. The van der Waals surface area contributed by atoms with E-state index in [1.54, 1.807) is 6.08 Å². The van der Waals surface area contributed by atoms with Crippen LogP contribution in [0.3, 0.4) is 0 Å². The van der Waals surface area contributed by atoms with Gasteiger partial charge in [0.1, 0.15) is 0 Å². The molecule has 0 fully saturated rings. The highest BCUT2D eigenvalue weighted by Gasteiger charge is 2.02. The van der Waals surface area contributed by atoms with Crippen LogP contribution >= 0.6 is 0 Å². The van der Waals surface area contributed by atoms with Crippen molar-refractivity contribution < 1.29 is 0 Å². The van der Waals surface area contributed by atoms with Gasteiger partial charge >= 0.3 is 0 Å². The summed E-state index contributed by atoms with van der Waals surface area (Å²) in [6.07, 6.45) is 1.70. The van der Waals surface area contributed by atoms with Gasteiger partial charge in [0.15, 0.2) is 5.82 Å². The Bertz CT molecular complexity index is 238. The van der Waals surface area contributed by atoms with Crippen LogP contribution in [-0.2, 0) is 0 Å². The molecule has 0 aliphatic heterocycles. The Kier molecular flexibility index (Phi) is 1.73. The largest absolute Gasteiger partial charge is 0.306 e. The third-order valence-electron chi connectivity index (χ3n) is 1.34. The predicted octanol–water partition coefficient (Wildman–Crippen LogP) is 0.647. The molecular formula is C6H10N4. The molecule has 4 nitrogen and oxygen atoms in total. The summed E-state index contributed by atoms with van der Waals surface area (Å²) in [6, 6.07) is 0. The van der Waals surface area contributed by atoms with Crippen molar-refractivity contribution in [3.8, 4) is 0 Å². The molecule has 1 aromatic rings. The zero-order valence-corrected chi connectivity index (χ0v) is 5.81. The van der Waals surface area contributed by atoms with E-state index in [4.69, 9.17) is 5.84 Å². The molecule has 0 atom stereocenters. The molecule has 4 N–H and O–H groups in total. The zero-order valence-electron chi connectivity index (χ0n) is 5.81. The van der Waals surface area contributed by atoms with Crippen molar-refractivity contribution in [2.24, 2.45) is 5.84 Å². The van der Waals surface area contributed by atoms with Crippen molar-refractivity contribution >= 4 is 11.9 Å². The molecule has 0 radical (unpaired) electrons. The SMILES string of the molecule is C=Cc1c(NN)n[nH]c1C. The van der Waals surface area contributed by atoms with E-state index in [0.717, 1.165) is 11.3 Å². The van der Waals surface area contributed by atoms with Gasteiger partial charge in [-0.25, -0.2) is 5.84 Å². The number of nitrogens with one attached hydrogen (secondary N) is 2. The third-order valence-corrected chi connectivity index (χ3v) is 1.34. The van der Waals surface area contributed by atoms with Crippen molar-refractivity contribution in [3.05, 3.63) is 17.8 Å². The molecule has 0 unspecified atom stereocenters. The predicted molar refractivity (Wildman–Crippen MR) is 41.2 cm³/mol. The van der Waals surface area contributed by atoms with Gasteiger partial charge in [-0.3, -0.25) is 5.10 Å². The highest BCUT2D eigenvalue weighted by atomic mass is 15.3. The monoisotopic (exact) mass is 138 g/mol. The molecule has 0 aromatic carbocycles. The first-order valence-electron chi connectivity index (χ1n) is 2.93. The van der Waals surface area contributed by atoms with E-state index in [0.29, 0.717) is 5.82 Å². The number of rotatable bonds is 2. The van der Waals surface area contributed by atoms with E-state index in [1.165, 1.54) is 0 Å². The molecular weight excluding hydrogens is 128 g/mol. The van der Waals surface area contributed by atoms with Gasteiger partial charge in [-0.15, -0.1) is 0 Å². The minimum atomic E-state index is 0.632. The number of nitrogens with zero attached hydrogens (tertiary/aromatic N) is 1. The number of anilines is 1. The van der Waals surface area contributed by atoms with E-state index in [9.17, 15) is 0 Å². The Hall–Kier alpha value is -1.29. The van der Waals surface area contributed by atoms with Crippen LogP contribution in [0, 0.1) is 6.92 Å². The van der Waals surface area contributed by atoms with Gasteiger partial charge in [0.2, 0.25) is 0 Å². The Morgan fingerprint density at radius 1 is 1.80 bits per heavy atom. The Morgan fingerprint density at radius 3 is 2.90 bits per heavy atom. The second-order valence-electron chi connectivity index (χ2n) is 1.96. The molecule has 0 saturated heterocycles. The van der Waals surface area contributed by atoms with Crippen LogP contribution in [0.5, 0.6) is 0 Å². The van der Waals surface area contributed by atoms with Gasteiger partial charge in [-0.2, -0.15) is 5.10 Å².